The van der Waals surface area contributed by atoms with E-state index in [0.717, 1.165) is 23.8 Å². The van der Waals surface area contributed by atoms with Crippen molar-refractivity contribution in [3.63, 3.8) is 0 Å². The highest BCUT2D eigenvalue weighted by atomic mass is 35.5. The second-order valence-corrected chi connectivity index (χ2v) is 5.17. The van der Waals surface area contributed by atoms with Gasteiger partial charge in [-0.05, 0) is 36.2 Å². The zero-order chi connectivity index (χ0) is 15.8. The van der Waals surface area contributed by atoms with Crippen LogP contribution in [0.1, 0.15) is 15.9 Å². The van der Waals surface area contributed by atoms with Crippen LogP contribution in [0.25, 0.3) is 0 Å². The van der Waals surface area contributed by atoms with Crippen LogP contribution in [0.2, 0.25) is 5.02 Å². The van der Waals surface area contributed by atoms with E-state index in [1.807, 2.05) is 24.3 Å². The van der Waals surface area contributed by atoms with Crippen LogP contribution < -0.4 is 10.6 Å². The molecule has 4 nitrogen and oxygen atoms in total. The molecule has 5 heteroatoms. The number of carbonyl (C=O) groups excluding carboxylic acids is 1. The fourth-order valence-corrected chi connectivity index (χ4v) is 2.14. The second kappa shape index (κ2) is 8.20. The summed E-state index contributed by atoms with van der Waals surface area (Å²) >= 11 is 5.95. The van der Waals surface area contributed by atoms with Crippen LogP contribution in [-0.2, 0) is 6.42 Å². The first-order chi connectivity index (χ1) is 10.7. The van der Waals surface area contributed by atoms with Crippen molar-refractivity contribution in [2.75, 3.05) is 18.4 Å². The lowest BCUT2D eigenvalue weighted by atomic mass is 10.1. The summed E-state index contributed by atoms with van der Waals surface area (Å²) in [6, 6.07) is 11.3. The van der Waals surface area contributed by atoms with Gasteiger partial charge in [-0.25, -0.2) is 4.98 Å². The normalized spacial score (nSPS) is 10.0. The summed E-state index contributed by atoms with van der Waals surface area (Å²) in [6.07, 6.45) is 4.04. The minimum atomic E-state index is -0.155. The Morgan fingerprint density at radius 2 is 2.18 bits per heavy atom. The van der Waals surface area contributed by atoms with Crippen molar-refractivity contribution >= 4 is 23.3 Å². The number of pyridine rings is 1. The molecule has 0 aliphatic rings. The van der Waals surface area contributed by atoms with Gasteiger partial charge in [-0.2, -0.15) is 0 Å². The zero-order valence-electron chi connectivity index (χ0n) is 12.2. The van der Waals surface area contributed by atoms with Gasteiger partial charge in [-0.15, -0.1) is 6.58 Å². The van der Waals surface area contributed by atoms with E-state index in [4.69, 9.17) is 11.6 Å². The predicted octanol–water partition coefficient (Wildman–Crippen LogP) is 3.31. The molecule has 22 heavy (non-hydrogen) atoms. The number of halogens is 1. The Bertz CT molecular complexity index is 641. The van der Waals surface area contributed by atoms with Gasteiger partial charge in [-0.3, -0.25) is 4.79 Å². The number of aromatic nitrogens is 1. The lowest BCUT2D eigenvalue weighted by Gasteiger charge is -2.07. The Morgan fingerprint density at radius 1 is 1.32 bits per heavy atom. The molecule has 0 saturated carbocycles. The molecule has 0 bridgehead atoms. The monoisotopic (exact) mass is 315 g/mol. The fourth-order valence-electron chi connectivity index (χ4n) is 1.93. The number of nitrogens with zero attached hydrogens (tertiary/aromatic N) is 1. The Morgan fingerprint density at radius 3 is 2.86 bits per heavy atom. The average Bonchev–Trinajstić information content (AvgIpc) is 2.53. The predicted molar refractivity (Wildman–Crippen MR) is 90.4 cm³/mol. The molecule has 0 aliphatic heterocycles. The van der Waals surface area contributed by atoms with E-state index in [1.54, 1.807) is 24.4 Å². The van der Waals surface area contributed by atoms with E-state index < -0.39 is 0 Å². The lowest BCUT2D eigenvalue weighted by molar-refractivity contribution is 0.0957. The first-order valence-electron chi connectivity index (χ1n) is 7.02. The van der Waals surface area contributed by atoms with Gasteiger partial charge in [0.25, 0.3) is 5.91 Å². The minimum absolute atomic E-state index is 0.155. The summed E-state index contributed by atoms with van der Waals surface area (Å²) < 4.78 is 0. The van der Waals surface area contributed by atoms with Crippen molar-refractivity contribution in [1.29, 1.82) is 0 Å². The highest BCUT2D eigenvalue weighted by molar-refractivity contribution is 6.30. The third-order valence-electron chi connectivity index (χ3n) is 3.04. The van der Waals surface area contributed by atoms with Crippen LogP contribution in [-0.4, -0.2) is 24.0 Å². The van der Waals surface area contributed by atoms with Crippen LogP contribution in [0.4, 0.5) is 5.82 Å². The molecule has 0 radical (unpaired) electrons. The molecule has 0 aliphatic carbocycles. The SMILES string of the molecule is C=CCNC(=O)c1ccc(NCCc2cccc(Cl)c2)nc1. The summed E-state index contributed by atoms with van der Waals surface area (Å²) in [4.78, 5) is 15.9. The maximum Gasteiger partial charge on any atom is 0.253 e. The number of rotatable bonds is 7. The van der Waals surface area contributed by atoms with E-state index in [0.29, 0.717) is 12.1 Å². The van der Waals surface area contributed by atoms with E-state index in [9.17, 15) is 4.79 Å². The topological polar surface area (TPSA) is 54.0 Å². The van der Waals surface area contributed by atoms with Gasteiger partial charge in [-0.1, -0.05) is 29.8 Å². The lowest BCUT2D eigenvalue weighted by Crippen LogP contribution is -2.23. The minimum Gasteiger partial charge on any atom is -0.370 e. The van der Waals surface area contributed by atoms with E-state index in [2.05, 4.69) is 22.2 Å². The summed E-state index contributed by atoms with van der Waals surface area (Å²) in [7, 11) is 0. The van der Waals surface area contributed by atoms with Gasteiger partial charge in [0, 0.05) is 24.3 Å². The second-order valence-electron chi connectivity index (χ2n) is 4.74. The smallest absolute Gasteiger partial charge is 0.253 e. The quantitative estimate of drug-likeness (QED) is 0.771. The first-order valence-corrected chi connectivity index (χ1v) is 7.40. The van der Waals surface area contributed by atoms with Gasteiger partial charge in [0.2, 0.25) is 0 Å². The number of hydrogen-bond acceptors (Lipinski definition) is 3. The highest BCUT2D eigenvalue weighted by Crippen LogP contribution is 2.11. The first kappa shape index (κ1) is 16.0. The van der Waals surface area contributed by atoms with Crippen LogP contribution >= 0.6 is 11.6 Å². The number of anilines is 1. The molecule has 2 rings (SSSR count). The fraction of sp³-hybridized carbons (Fsp3) is 0.176. The van der Waals surface area contributed by atoms with Crippen LogP contribution in [0, 0.1) is 0 Å². The highest BCUT2D eigenvalue weighted by Gasteiger charge is 2.04. The molecule has 0 atom stereocenters. The number of benzene rings is 1. The average molecular weight is 316 g/mol. The Balaban J connectivity index is 1.83. The largest absolute Gasteiger partial charge is 0.370 e. The third-order valence-corrected chi connectivity index (χ3v) is 3.28. The van der Waals surface area contributed by atoms with Crippen LogP contribution in [0.5, 0.6) is 0 Å². The summed E-state index contributed by atoms with van der Waals surface area (Å²) in [6.45, 7) is 4.74. The Kier molecular flexibility index (Phi) is 5.98. The molecular formula is C17H18ClN3O. The van der Waals surface area contributed by atoms with Gasteiger partial charge in [0.1, 0.15) is 5.82 Å². The van der Waals surface area contributed by atoms with Gasteiger partial charge in [0.05, 0.1) is 5.56 Å². The molecule has 1 aromatic carbocycles. The number of carbonyl (C=O) groups is 1. The maximum atomic E-state index is 11.7. The molecule has 0 saturated heterocycles. The molecule has 2 aromatic rings. The molecule has 1 amide bonds. The summed E-state index contributed by atoms with van der Waals surface area (Å²) in [5, 5.41) is 6.67. The molecule has 0 unspecified atom stereocenters. The van der Waals surface area contributed by atoms with Crippen molar-refractivity contribution in [1.82, 2.24) is 10.3 Å². The van der Waals surface area contributed by atoms with Crippen molar-refractivity contribution < 1.29 is 4.79 Å². The van der Waals surface area contributed by atoms with Crippen molar-refractivity contribution in [2.45, 2.75) is 6.42 Å². The summed E-state index contributed by atoms with van der Waals surface area (Å²) in [5.74, 6) is 0.583. The number of amides is 1. The Hall–Kier alpha value is -2.33. The van der Waals surface area contributed by atoms with E-state index in [1.165, 1.54) is 5.56 Å². The van der Waals surface area contributed by atoms with E-state index in [-0.39, 0.29) is 5.91 Å². The van der Waals surface area contributed by atoms with Gasteiger partial charge in [0.15, 0.2) is 0 Å². The molecule has 0 spiro atoms. The van der Waals surface area contributed by atoms with Crippen LogP contribution in [0.3, 0.4) is 0 Å². The van der Waals surface area contributed by atoms with Crippen molar-refractivity contribution in [2.24, 2.45) is 0 Å². The molecule has 1 heterocycles. The zero-order valence-corrected chi connectivity index (χ0v) is 12.9. The van der Waals surface area contributed by atoms with Gasteiger partial charge < -0.3 is 10.6 Å². The van der Waals surface area contributed by atoms with Crippen LogP contribution in [0.15, 0.2) is 55.3 Å². The molecule has 1 aromatic heterocycles. The van der Waals surface area contributed by atoms with Gasteiger partial charge >= 0.3 is 0 Å². The van der Waals surface area contributed by atoms with E-state index >= 15 is 0 Å². The number of hydrogen-bond donors (Lipinski definition) is 2. The third kappa shape index (κ3) is 4.90. The Labute approximate surface area is 135 Å². The molecule has 0 fully saturated rings. The van der Waals surface area contributed by atoms with Crippen molar-refractivity contribution in [3.8, 4) is 0 Å². The number of nitrogens with one attached hydrogen (secondary N) is 2. The molecule has 114 valence electrons. The van der Waals surface area contributed by atoms with Crippen molar-refractivity contribution in [3.05, 3.63) is 71.4 Å². The molecular weight excluding hydrogens is 298 g/mol. The summed E-state index contributed by atoms with van der Waals surface area (Å²) in [5.41, 5.74) is 1.70. The standard InChI is InChI=1S/C17H18ClN3O/c1-2-9-20-17(22)14-6-7-16(21-12-14)19-10-8-13-4-3-5-15(18)11-13/h2-7,11-12H,1,8-10H2,(H,19,21)(H,20,22). The molecule has 2 N–H and O–H groups in total. The maximum absolute atomic E-state index is 11.7.